The molecule has 4 aromatic carbocycles. The molecule has 1 amide bonds. The average Bonchev–Trinajstić information content (AvgIpc) is 2.87. The van der Waals surface area contributed by atoms with Gasteiger partial charge in [0.25, 0.3) is 15.9 Å². The Hall–Kier alpha value is -3.30. The molecule has 0 spiro atoms. The van der Waals surface area contributed by atoms with Crippen molar-refractivity contribution in [2.24, 2.45) is 0 Å². The van der Waals surface area contributed by atoms with Crippen molar-refractivity contribution >= 4 is 56.4 Å². The molecule has 0 fully saturated rings. The molecule has 0 atom stereocenters. The molecule has 6 nitrogen and oxygen atoms in total. The van der Waals surface area contributed by atoms with E-state index in [4.69, 9.17) is 39.5 Å². The fraction of sp³-hybridized carbons (Fsp3) is 0.0385. The number of carbonyl (C=O) groups is 1. The fourth-order valence-electron chi connectivity index (χ4n) is 3.27. The highest BCUT2D eigenvalue weighted by Gasteiger charge is 2.20. The number of rotatable bonds is 8. The van der Waals surface area contributed by atoms with Crippen molar-refractivity contribution in [2.45, 2.75) is 11.4 Å². The summed E-state index contributed by atoms with van der Waals surface area (Å²) < 4.78 is 47.6. The first kappa shape index (κ1) is 26.8. The molecular formula is C26H18Cl3FN2O4S. The van der Waals surface area contributed by atoms with Gasteiger partial charge >= 0.3 is 0 Å². The van der Waals surface area contributed by atoms with Crippen LogP contribution < -0.4 is 14.8 Å². The van der Waals surface area contributed by atoms with Crippen LogP contribution in [0.25, 0.3) is 0 Å². The number of carbonyl (C=O) groups excluding carboxylic acids is 1. The Morgan fingerprint density at radius 2 is 1.59 bits per heavy atom. The molecule has 4 aromatic rings. The van der Waals surface area contributed by atoms with Gasteiger partial charge in [-0.05, 0) is 72.3 Å². The van der Waals surface area contributed by atoms with Crippen molar-refractivity contribution in [3.63, 3.8) is 0 Å². The van der Waals surface area contributed by atoms with E-state index in [1.807, 2.05) is 0 Å². The van der Waals surface area contributed by atoms with E-state index in [1.165, 1.54) is 60.7 Å². The highest BCUT2D eigenvalue weighted by Crippen LogP contribution is 2.30. The number of ether oxygens (including phenoxy) is 1. The van der Waals surface area contributed by atoms with Gasteiger partial charge in [0.2, 0.25) is 0 Å². The summed E-state index contributed by atoms with van der Waals surface area (Å²) in [6.45, 7) is 0.0322. The molecule has 0 heterocycles. The summed E-state index contributed by atoms with van der Waals surface area (Å²) >= 11 is 17.9. The molecule has 0 aliphatic rings. The van der Waals surface area contributed by atoms with Gasteiger partial charge < -0.3 is 10.1 Å². The van der Waals surface area contributed by atoms with Crippen molar-refractivity contribution < 1.29 is 22.3 Å². The molecular weight excluding hydrogens is 562 g/mol. The van der Waals surface area contributed by atoms with Gasteiger partial charge in [-0.15, -0.1) is 0 Å². The molecule has 11 heteroatoms. The highest BCUT2D eigenvalue weighted by atomic mass is 35.5. The van der Waals surface area contributed by atoms with E-state index in [-0.39, 0.29) is 32.7 Å². The third-order valence-electron chi connectivity index (χ3n) is 5.11. The van der Waals surface area contributed by atoms with Gasteiger partial charge in [-0.3, -0.25) is 9.52 Å². The monoisotopic (exact) mass is 578 g/mol. The number of anilines is 1. The Morgan fingerprint density at radius 1 is 0.865 bits per heavy atom. The number of amides is 1. The Kier molecular flexibility index (Phi) is 8.24. The number of hydrogen-bond acceptors (Lipinski definition) is 4. The van der Waals surface area contributed by atoms with E-state index in [9.17, 15) is 17.6 Å². The molecule has 190 valence electrons. The summed E-state index contributed by atoms with van der Waals surface area (Å²) in [6.07, 6.45) is 0. The molecule has 0 aliphatic heterocycles. The minimum atomic E-state index is -4.07. The maximum absolute atomic E-state index is 13.4. The molecule has 0 aliphatic carbocycles. The Morgan fingerprint density at radius 3 is 2.30 bits per heavy atom. The number of benzene rings is 4. The third kappa shape index (κ3) is 6.72. The lowest BCUT2D eigenvalue weighted by Crippen LogP contribution is -2.25. The van der Waals surface area contributed by atoms with E-state index in [2.05, 4.69) is 10.0 Å². The lowest BCUT2D eigenvalue weighted by molar-refractivity contribution is 0.0952. The Labute approximate surface area is 228 Å². The molecule has 0 aromatic heterocycles. The van der Waals surface area contributed by atoms with Gasteiger partial charge in [-0.1, -0.05) is 53.0 Å². The number of nitrogens with one attached hydrogen (secondary N) is 2. The first-order valence-corrected chi connectivity index (χ1v) is 13.3. The summed E-state index contributed by atoms with van der Waals surface area (Å²) in [5, 5.41) is 3.22. The van der Waals surface area contributed by atoms with Crippen LogP contribution >= 0.6 is 34.8 Å². The summed E-state index contributed by atoms with van der Waals surface area (Å²) in [4.78, 5) is 12.8. The van der Waals surface area contributed by atoms with E-state index < -0.39 is 21.7 Å². The lowest BCUT2D eigenvalue weighted by Gasteiger charge is -2.14. The van der Waals surface area contributed by atoms with Gasteiger partial charge in [0.15, 0.2) is 0 Å². The molecule has 2 N–H and O–H groups in total. The van der Waals surface area contributed by atoms with Crippen LogP contribution in [0.15, 0.2) is 89.8 Å². The van der Waals surface area contributed by atoms with Gasteiger partial charge in [0.05, 0.1) is 26.2 Å². The SMILES string of the molecule is O=C(NCc1ccc(F)c(Cl)c1)c1cc(Cl)ccc1NS(=O)(=O)c1ccc(Oc2ccccc2Cl)cc1. The summed E-state index contributed by atoms with van der Waals surface area (Å²) in [5.74, 6) is -0.354. The highest BCUT2D eigenvalue weighted by molar-refractivity contribution is 7.92. The van der Waals surface area contributed by atoms with Crippen LogP contribution in [0.5, 0.6) is 11.5 Å². The topological polar surface area (TPSA) is 84.5 Å². The molecule has 0 saturated heterocycles. The summed E-state index contributed by atoms with van der Waals surface area (Å²) in [5.41, 5.74) is 0.585. The van der Waals surface area contributed by atoms with E-state index >= 15 is 0 Å². The fourth-order valence-corrected chi connectivity index (χ4v) is 4.89. The largest absolute Gasteiger partial charge is 0.456 e. The molecule has 0 unspecified atom stereocenters. The maximum Gasteiger partial charge on any atom is 0.261 e. The zero-order chi connectivity index (χ0) is 26.6. The molecule has 0 radical (unpaired) electrons. The van der Waals surface area contributed by atoms with Crippen molar-refractivity contribution in [3.05, 3.63) is 117 Å². The first-order valence-electron chi connectivity index (χ1n) is 10.7. The van der Waals surface area contributed by atoms with Crippen LogP contribution in [-0.4, -0.2) is 14.3 Å². The number of halogens is 4. The lowest BCUT2D eigenvalue weighted by atomic mass is 10.1. The standard InChI is InChI=1S/C26H18Cl3FN2O4S/c27-17-6-12-24(20(14-17)26(33)31-15-16-5-11-23(30)22(29)13-16)32-37(34,35)19-9-7-18(8-10-19)36-25-4-2-1-3-21(25)28/h1-14,32H,15H2,(H,31,33). The average molecular weight is 580 g/mol. The van der Waals surface area contributed by atoms with Crippen LogP contribution in [0, 0.1) is 5.82 Å². The Bertz CT molecular complexity index is 1560. The maximum atomic E-state index is 13.4. The van der Waals surface area contributed by atoms with Gasteiger partial charge in [0, 0.05) is 11.6 Å². The van der Waals surface area contributed by atoms with Crippen molar-refractivity contribution in [1.82, 2.24) is 5.32 Å². The van der Waals surface area contributed by atoms with Crippen LogP contribution in [0.1, 0.15) is 15.9 Å². The van der Waals surface area contributed by atoms with E-state index in [1.54, 1.807) is 24.3 Å². The van der Waals surface area contributed by atoms with Crippen LogP contribution in [0.2, 0.25) is 15.1 Å². The second kappa shape index (κ2) is 11.4. The molecule has 37 heavy (non-hydrogen) atoms. The van der Waals surface area contributed by atoms with Gasteiger partial charge in [-0.25, -0.2) is 12.8 Å². The zero-order valence-corrected chi connectivity index (χ0v) is 21.9. The van der Waals surface area contributed by atoms with E-state index in [0.29, 0.717) is 22.1 Å². The predicted molar refractivity (Wildman–Crippen MR) is 143 cm³/mol. The molecule has 0 saturated carbocycles. The predicted octanol–water partition coefficient (Wildman–Crippen LogP) is 7.31. The minimum Gasteiger partial charge on any atom is -0.456 e. The number of para-hydroxylation sites is 1. The molecule has 0 bridgehead atoms. The van der Waals surface area contributed by atoms with Crippen LogP contribution in [-0.2, 0) is 16.6 Å². The number of sulfonamides is 1. The zero-order valence-electron chi connectivity index (χ0n) is 18.8. The summed E-state index contributed by atoms with van der Waals surface area (Å²) in [7, 11) is -4.07. The van der Waals surface area contributed by atoms with Crippen LogP contribution in [0.3, 0.4) is 0 Å². The number of hydrogen-bond donors (Lipinski definition) is 2. The quantitative estimate of drug-likeness (QED) is 0.229. The second-order valence-electron chi connectivity index (χ2n) is 7.73. The minimum absolute atomic E-state index is 0.00274. The molecule has 4 rings (SSSR count). The van der Waals surface area contributed by atoms with Crippen molar-refractivity contribution in [2.75, 3.05) is 4.72 Å². The smallest absolute Gasteiger partial charge is 0.261 e. The van der Waals surface area contributed by atoms with Gasteiger partial charge in [-0.2, -0.15) is 0 Å². The summed E-state index contributed by atoms with van der Waals surface area (Å²) in [6, 6.07) is 20.8. The normalized spacial score (nSPS) is 11.1. The third-order valence-corrected chi connectivity index (χ3v) is 7.32. The second-order valence-corrected chi connectivity index (χ2v) is 10.7. The Balaban J connectivity index is 1.50. The van der Waals surface area contributed by atoms with Crippen molar-refractivity contribution in [3.8, 4) is 11.5 Å². The van der Waals surface area contributed by atoms with Crippen molar-refractivity contribution in [1.29, 1.82) is 0 Å². The van der Waals surface area contributed by atoms with Gasteiger partial charge in [0.1, 0.15) is 17.3 Å². The van der Waals surface area contributed by atoms with E-state index in [0.717, 1.165) is 0 Å². The first-order chi connectivity index (χ1) is 17.6. The van der Waals surface area contributed by atoms with Crippen LogP contribution in [0.4, 0.5) is 10.1 Å².